The number of rotatable bonds is 4. The first-order valence-electron chi connectivity index (χ1n) is 5.75. The van der Waals surface area contributed by atoms with Crippen molar-refractivity contribution >= 4 is 23.5 Å². The minimum Gasteiger partial charge on any atom is -0.294 e. The van der Waals surface area contributed by atoms with Crippen molar-refractivity contribution in [3.8, 4) is 0 Å². The molecular formula is C16H13ClO. The van der Waals surface area contributed by atoms with E-state index in [0.717, 1.165) is 11.1 Å². The maximum Gasteiger partial charge on any atom is 0.160 e. The molecule has 2 aromatic carbocycles. The monoisotopic (exact) mass is 256 g/mol. The summed E-state index contributed by atoms with van der Waals surface area (Å²) in [7, 11) is 0. The van der Waals surface area contributed by atoms with Crippen LogP contribution in [-0.4, -0.2) is 5.78 Å². The molecule has 0 bridgehead atoms. The van der Waals surface area contributed by atoms with Crippen molar-refractivity contribution in [3.63, 3.8) is 0 Å². The van der Waals surface area contributed by atoms with Crippen molar-refractivity contribution in [2.75, 3.05) is 0 Å². The van der Waals surface area contributed by atoms with Gasteiger partial charge in [-0.3, -0.25) is 4.79 Å². The maximum atomic E-state index is 11.8. The summed E-state index contributed by atoms with van der Waals surface area (Å²) >= 11 is 6.01. The third-order valence-electron chi connectivity index (χ3n) is 2.58. The van der Waals surface area contributed by atoms with E-state index in [2.05, 4.69) is 0 Å². The quantitative estimate of drug-likeness (QED) is 0.751. The molecule has 0 saturated heterocycles. The SMILES string of the molecule is O=C(/C=C/c1ccccc1Cl)Cc1ccccc1. The van der Waals surface area contributed by atoms with Crippen LogP contribution in [0.5, 0.6) is 0 Å². The van der Waals surface area contributed by atoms with Crippen LogP contribution >= 0.6 is 11.6 Å². The van der Waals surface area contributed by atoms with Crippen LogP contribution in [0.4, 0.5) is 0 Å². The summed E-state index contributed by atoms with van der Waals surface area (Å²) in [6.07, 6.45) is 3.75. The predicted octanol–water partition coefficient (Wildman–Crippen LogP) is 4.17. The third kappa shape index (κ3) is 3.57. The van der Waals surface area contributed by atoms with Crippen molar-refractivity contribution in [1.29, 1.82) is 0 Å². The lowest BCUT2D eigenvalue weighted by molar-refractivity contribution is -0.113. The molecular weight excluding hydrogens is 244 g/mol. The number of allylic oxidation sites excluding steroid dienone is 1. The summed E-state index contributed by atoms with van der Waals surface area (Å²) in [5.74, 6) is 0.0705. The zero-order chi connectivity index (χ0) is 12.8. The molecule has 0 saturated carbocycles. The Morgan fingerprint density at radius 2 is 1.67 bits per heavy atom. The molecule has 0 N–H and O–H groups in total. The number of carbonyl (C=O) groups is 1. The van der Waals surface area contributed by atoms with E-state index >= 15 is 0 Å². The molecule has 0 atom stereocenters. The zero-order valence-corrected chi connectivity index (χ0v) is 10.6. The average Bonchev–Trinajstić information content (AvgIpc) is 2.39. The first kappa shape index (κ1) is 12.6. The van der Waals surface area contributed by atoms with Gasteiger partial charge in [-0.05, 0) is 29.3 Å². The number of benzene rings is 2. The lowest BCUT2D eigenvalue weighted by Crippen LogP contribution is -1.97. The molecule has 0 heterocycles. The topological polar surface area (TPSA) is 17.1 Å². The highest BCUT2D eigenvalue weighted by Crippen LogP contribution is 2.16. The molecule has 2 heteroatoms. The van der Waals surface area contributed by atoms with E-state index in [9.17, 15) is 4.79 Å². The second-order valence-electron chi connectivity index (χ2n) is 3.98. The van der Waals surface area contributed by atoms with Crippen LogP contribution in [0.3, 0.4) is 0 Å². The summed E-state index contributed by atoms with van der Waals surface area (Å²) < 4.78 is 0. The molecule has 90 valence electrons. The Morgan fingerprint density at radius 1 is 1.00 bits per heavy atom. The number of halogens is 1. The van der Waals surface area contributed by atoms with Gasteiger partial charge in [-0.15, -0.1) is 0 Å². The second-order valence-corrected chi connectivity index (χ2v) is 4.39. The maximum absolute atomic E-state index is 11.8. The highest BCUT2D eigenvalue weighted by molar-refractivity contribution is 6.32. The van der Waals surface area contributed by atoms with E-state index in [1.165, 1.54) is 0 Å². The molecule has 1 nitrogen and oxygen atoms in total. The normalized spacial score (nSPS) is 10.7. The zero-order valence-electron chi connectivity index (χ0n) is 9.84. The Kier molecular flexibility index (Phi) is 4.32. The van der Waals surface area contributed by atoms with Gasteiger partial charge in [-0.25, -0.2) is 0 Å². The molecule has 0 spiro atoms. The second kappa shape index (κ2) is 6.18. The third-order valence-corrected chi connectivity index (χ3v) is 2.92. The lowest BCUT2D eigenvalue weighted by Gasteiger charge is -1.98. The van der Waals surface area contributed by atoms with E-state index in [0.29, 0.717) is 11.4 Å². The standard InChI is InChI=1S/C16H13ClO/c17-16-9-5-4-8-14(16)10-11-15(18)12-13-6-2-1-3-7-13/h1-11H,12H2/b11-10+. The number of hydrogen-bond acceptors (Lipinski definition) is 1. The van der Waals surface area contributed by atoms with Crippen molar-refractivity contribution in [3.05, 3.63) is 76.8 Å². The Labute approximate surface area is 112 Å². The molecule has 0 aliphatic rings. The summed E-state index contributed by atoms with van der Waals surface area (Å²) in [5, 5.41) is 0.654. The molecule has 0 aliphatic heterocycles. The van der Waals surface area contributed by atoms with Crippen LogP contribution in [0, 0.1) is 0 Å². The Hall–Kier alpha value is -1.86. The summed E-state index contributed by atoms with van der Waals surface area (Å²) in [5.41, 5.74) is 1.88. The van der Waals surface area contributed by atoms with E-state index in [-0.39, 0.29) is 5.78 Å². The highest BCUT2D eigenvalue weighted by Gasteiger charge is 1.99. The minimum absolute atomic E-state index is 0.0705. The molecule has 0 fully saturated rings. The van der Waals surface area contributed by atoms with Gasteiger partial charge in [0, 0.05) is 11.4 Å². The van der Waals surface area contributed by atoms with Crippen LogP contribution in [0.1, 0.15) is 11.1 Å². The van der Waals surface area contributed by atoms with Crippen molar-refractivity contribution in [2.24, 2.45) is 0 Å². The molecule has 2 rings (SSSR count). The summed E-state index contributed by atoms with van der Waals surface area (Å²) in [4.78, 5) is 11.8. The van der Waals surface area contributed by atoms with Gasteiger partial charge in [0.2, 0.25) is 0 Å². The number of ketones is 1. The van der Waals surface area contributed by atoms with Crippen LogP contribution in [0.15, 0.2) is 60.7 Å². The molecule has 2 aromatic rings. The van der Waals surface area contributed by atoms with E-state index in [1.807, 2.05) is 54.6 Å². The van der Waals surface area contributed by atoms with Crippen molar-refractivity contribution < 1.29 is 4.79 Å². The first-order chi connectivity index (χ1) is 8.75. The fourth-order valence-corrected chi connectivity index (χ4v) is 1.85. The van der Waals surface area contributed by atoms with E-state index in [4.69, 9.17) is 11.6 Å². The molecule has 0 aromatic heterocycles. The first-order valence-corrected chi connectivity index (χ1v) is 6.13. The van der Waals surface area contributed by atoms with Gasteiger partial charge < -0.3 is 0 Å². The van der Waals surface area contributed by atoms with Crippen LogP contribution < -0.4 is 0 Å². The molecule has 18 heavy (non-hydrogen) atoms. The molecule has 0 unspecified atom stereocenters. The van der Waals surface area contributed by atoms with Crippen molar-refractivity contribution in [2.45, 2.75) is 6.42 Å². The largest absolute Gasteiger partial charge is 0.294 e. The van der Waals surface area contributed by atoms with Gasteiger partial charge in [0.05, 0.1) is 0 Å². The van der Waals surface area contributed by atoms with Crippen molar-refractivity contribution in [1.82, 2.24) is 0 Å². The Balaban J connectivity index is 2.02. The summed E-state index contributed by atoms with van der Waals surface area (Å²) in [6.45, 7) is 0. The smallest absolute Gasteiger partial charge is 0.160 e. The Morgan fingerprint density at radius 3 is 2.39 bits per heavy atom. The lowest BCUT2D eigenvalue weighted by atomic mass is 10.1. The van der Waals surface area contributed by atoms with E-state index < -0.39 is 0 Å². The van der Waals surface area contributed by atoms with Gasteiger partial charge in [0.25, 0.3) is 0 Å². The fourth-order valence-electron chi connectivity index (χ4n) is 1.65. The van der Waals surface area contributed by atoms with Crippen LogP contribution in [0.2, 0.25) is 5.02 Å². The van der Waals surface area contributed by atoms with Gasteiger partial charge in [0.15, 0.2) is 5.78 Å². The van der Waals surface area contributed by atoms with Gasteiger partial charge >= 0.3 is 0 Å². The van der Waals surface area contributed by atoms with Crippen LogP contribution in [0.25, 0.3) is 6.08 Å². The van der Waals surface area contributed by atoms with E-state index in [1.54, 1.807) is 12.2 Å². The minimum atomic E-state index is 0.0705. The van der Waals surface area contributed by atoms with Crippen LogP contribution in [-0.2, 0) is 11.2 Å². The fraction of sp³-hybridized carbons (Fsp3) is 0.0625. The van der Waals surface area contributed by atoms with Gasteiger partial charge in [-0.1, -0.05) is 60.1 Å². The highest BCUT2D eigenvalue weighted by atomic mass is 35.5. The summed E-state index contributed by atoms with van der Waals surface area (Å²) in [6, 6.07) is 17.1. The number of carbonyl (C=O) groups excluding carboxylic acids is 1. The van der Waals surface area contributed by atoms with Gasteiger partial charge in [0.1, 0.15) is 0 Å². The predicted molar refractivity (Wildman–Crippen MR) is 75.6 cm³/mol. The van der Waals surface area contributed by atoms with Gasteiger partial charge in [-0.2, -0.15) is 0 Å². The Bertz CT molecular complexity index is 558. The average molecular weight is 257 g/mol. The molecule has 0 amide bonds. The molecule has 0 radical (unpaired) electrons. The number of hydrogen-bond donors (Lipinski definition) is 0. The molecule has 0 aliphatic carbocycles.